The summed E-state index contributed by atoms with van der Waals surface area (Å²) in [5, 5.41) is 6.24. The highest BCUT2D eigenvalue weighted by Gasteiger charge is 2.26. The van der Waals surface area contributed by atoms with Crippen LogP contribution in [0, 0.1) is 0 Å². The fraction of sp³-hybridized carbons (Fsp3) is 0.500. The zero-order valence-corrected chi connectivity index (χ0v) is 15.4. The summed E-state index contributed by atoms with van der Waals surface area (Å²) in [4.78, 5) is 6.28. The molecule has 1 saturated carbocycles. The van der Waals surface area contributed by atoms with E-state index < -0.39 is 0 Å². The van der Waals surface area contributed by atoms with E-state index in [0.29, 0.717) is 12.1 Å². The van der Waals surface area contributed by atoms with Gasteiger partial charge < -0.3 is 4.98 Å². The SMILES string of the molecule is c1ccc2[nH]c(C3CCCCN3Cc3ccn(C4CCCC4)n3)cc2c1. The maximum Gasteiger partial charge on any atom is 0.0765 e. The topological polar surface area (TPSA) is 36.9 Å². The summed E-state index contributed by atoms with van der Waals surface area (Å²) in [5.74, 6) is 0. The van der Waals surface area contributed by atoms with Crippen molar-refractivity contribution in [2.75, 3.05) is 6.54 Å². The Hall–Kier alpha value is -2.07. The van der Waals surface area contributed by atoms with E-state index in [1.807, 2.05) is 0 Å². The quantitative estimate of drug-likeness (QED) is 0.703. The molecule has 1 N–H and O–H groups in total. The first-order valence-electron chi connectivity index (χ1n) is 10.2. The lowest BCUT2D eigenvalue weighted by Gasteiger charge is -2.34. The van der Waals surface area contributed by atoms with Gasteiger partial charge >= 0.3 is 0 Å². The van der Waals surface area contributed by atoms with Crippen LogP contribution in [0.15, 0.2) is 42.6 Å². The maximum atomic E-state index is 4.92. The summed E-state index contributed by atoms with van der Waals surface area (Å²) in [7, 11) is 0. The largest absolute Gasteiger partial charge is 0.357 e. The number of hydrogen-bond donors (Lipinski definition) is 1. The molecular formula is C22H28N4. The predicted molar refractivity (Wildman–Crippen MR) is 105 cm³/mol. The van der Waals surface area contributed by atoms with Crippen molar-refractivity contribution in [3.8, 4) is 0 Å². The van der Waals surface area contributed by atoms with E-state index in [1.165, 1.54) is 67.2 Å². The molecule has 3 aromatic rings. The number of aromatic nitrogens is 3. The maximum absolute atomic E-state index is 4.92. The molecule has 4 nitrogen and oxygen atoms in total. The first-order valence-corrected chi connectivity index (χ1v) is 10.2. The number of piperidine rings is 1. The van der Waals surface area contributed by atoms with Crippen LogP contribution in [0.25, 0.3) is 10.9 Å². The smallest absolute Gasteiger partial charge is 0.0765 e. The number of para-hydroxylation sites is 1. The third-order valence-electron chi connectivity index (χ3n) is 6.25. The third kappa shape index (κ3) is 3.07. The minimum absolute atomic E-state index is 0.479. The molecule has 1 atom stereocenters. The van der Waals surface area contributed by atoms with E-state index in [0.717, 1.165) is 13.1 Å². The number of hydrogen-bond acceptors (Lipinski definition) is 2. The molecular weight excluding hydrogens is 320 g/mol. The Balaban J connectivity index is 1.36. The lowest BCUT2D eigenvalue weighted by atomic mass is 9.99. The molecule has 5 rings (SSSR count). The standard InChI is InChI=1S/C22H28N4/c1-4-10-20-17(7-1)15-21(23-20)22-11-5-6-13-25(22)16-18-12-14-26(24-18)19-8-2-3-9-19/h1,4,7,10,12,14-15,19,22-23H,2-3,5-6,8-9,11,13,16H2. The Morgan fingerprint density at radius 1 is 1.00 bits per heavy atom. The predicted octanol–water partition coefficient (Wildman–Crippen LogP) is 5.21. The fourth-order valence-electron chi connectivity index (χ4n) is 4.85. The van der Waals surface area contributed by atoms with Gasteiger partial charge in [-0.15, -0.1) is 0 Å². The number of benzene rings is 1. The molecule has 1 unspecified atom stereocenters. The highest BCUT2D eigenvalue weighted by molar-refractivity contribution is 5.80. The molecule has 1 aliphatic heterocycles. The van der Waals surface area contributed by atoms with Crippen LogP contribution in [0.5, 0.6) is 0 Å². The first-order chi connectivity index (χ1) is 12.9. The van der Waals surface area contributed by atoms with Crippen molar-refractivity contribution >= 4 is 10.9 Å². The Labute approximate surface area is 155 Å². The van der Waals surface area contributed by atoms with Crippen LogP contribution < -0.4 is 0 Å². The Kier molecular flexibility index (Phi) is 4.29. The number of likely N-dealkylation sites (tertiary alicyclic amines) is 1. The lowest BCUT2D eigenvalue weighted by molar-refractivity contribution is 0.135. The normalized spacial score (nSPS) is 22.4. The summed E-state index contributed by atoms with van der Waals surface area (Å²) in [6.45, 7) is 2.12. The van der Waals surface area contributed by atoms with Gasteiger partial charge in [0.15, 0.2) is 0 Å². The van der Waals surface area contributed by atoms with E-state index in [4.69, 9.17) is 5.10 Å². The van der Waals surface area contributed by atoms with Crippen molar-refractivity contribution in [1.29, 1.82) is 0 Å². The third-order valence-corrected chi connectivity index (χ3v) is 6.25. The van der Waals surface area contributed by atoms with Crippen molar-refractivity contribution in [3.63, 3.8) is 0 Å². The fourth-order valence-corrected chi connectivity index (χ4v) is 4.85. The molecule has 2 fully saturated rings. The molecule has 1 saturated heterocycles. The van der Waals surface area contributed by atoms with Gasteiger partial charge in [0, 0.05) is 24.0 Å². The molecule has 0 radical (unpaired) electrons. The summed E-state index contributed by atoms with van der Waals surface area (Å²) < 4.78 is 2.23. The number of rotatable bonds is 4. The van der Waals surface area contributed by atoms with Gasteiger partial charge in [-0.3, -0.25) is 9.58 Å². The van der Waals surface area contributed by atoms with Crippen LogP contribution in [0.1, 0.15) is 68.4 Å². The van der Waals surface area contributed by atoms with Crippen molar-refractivity contribution in [2.45, 2.75) is 63.6 Å². The molecule has 1 aliphatic carbocycles. The van der Waals surface area contributed by atoms with Crippen LogP contribution in [-0.4, -0.2) is 26.2 Å². The number of nitrogens with zero attached hydrogens (tertiary/aromatic N) is 3. The molecule has 2 aliphatic rings. The zero-order chi connectivity index (χ0) is 17.3. The number of aromatic amines is 1. The minimum atomic E-state index is 0.479. The second kappa shape index (κ2) is 6.92. The van der Waals surface area contributed by atoms with E-state index >= 15 is 0 Å². The number of fused-ring (bicyclic) bond motifs is 1. The van der Waals surface area contributed by atoms with Gasteiger partial charge in [-0.05, 0) is 55.8 Å². The summed E-state index contributed by atoms with van der Waals surface area (Å²) in [5.41, 5.74) is 3.83. The number of H-pyrrole nitrogens is 1. The van der Waals surface area contributed by atoms with Gasteiger partial charge in [-0.25, -0.2) is 0 Å². The van der Waals surface area contributed by atoms with Crippen molar-refractivity contribution in [1.82, 2.24) is 19.7 Å². The average Bonchev–Trinajstić information content (AvgIpc) is 3.42. The van der Waals surface area contributed by atoms with Crippen LogP contribution >= 0.6 is 0 Å². The Morgan fingerprint density at radius 3 is 2.73 bits per heavy atom. The van der Waals surface area contributed by atoms with Gasteiger partial charge in [0.25, 0.3) is 0 Å². The van der Waals surface area contributed by atoms with Crippen LogP contribution in [-0.2, 0) is 6.54 Å². The number of nitrogens with one attached hydrogen (secondary N) is 1. The molecule has 136 valence electrons. The Morgan fingerprint density at radius 2 is 1.85 bits per heavy atom. The van der Waals surface area contributed by atoms with E-state index in [-0.39, 0.29) is 0 Å². The molecule has 0 amide bonds. The molecule has 0 bridgehead atoms. The monoisotopic (exact) mass is 348 g/mol. The summed E-state index contributed by atoms with van der Waals surface area (Å²) >= 11 is 0. The van der Waals surface area contributed by atoms with E-state index in [9.17, 15) is 0 Å². The van der Waals surface area contributed by atoms with Gasteiger partial charge in [0.05, 0.1) is 17.8 Å². The minimum Gasteiger partial charge on any atom is -0.357 e. The van der Waals surface area contributed by atoms with Crippen molar-refractivity contribution in [3.05, 3.63) is 54.0 Å². The van der Waals surface area contributed by atoms with Gasteiger partial charge in [0.1, 0.15) is 0 Å². The molecule has 0 spiro atoms. The zero-order valence-electron chi connectivity index (χ0n) is 15.4. The van der Waals surface area contributed by atoms with Crippen LogP contribution in [0.3, 0.4) is 0 Å². The van der Waals surface area contributed by atoms with E-state index in [1.54, 1.807) is 0 Å². The first kappa shape index (κ1) is 16.1. The molecule has 4 heteroatoms. The van der Waals surface area contributed by atoms with Crippen molar-refractivity contribution in [2.24, 2.45) is 0 Å². The Bertz CT molecular complexity index is 838. The van der Waals surface area contributed by atoms with Crippen LogP contribution in [0.4, 0.5) is 0 Å². The average molecular weight is 348 g/mol. The summed E-state index contributed by atoms with van der Waals surface area (Å²) in [6.07, 6.45) is 11.3. The molecule has 3 heterocycles. The lowest BCUT2D eigenvalue weighted by Crippen LogP contribution is -2.33. The van der Waals surface area contributed by atoms with E-state index in [2.05, 4.69) is 57.2 Å². The second-order valence-corrected chi connectivity index (χ2v) is 8.02. The molecule has 26 heavy (non-hydrogen) atoms. The summed E-state index contributed by atoms with van der Waals surface area (Å²) in [6, 6.07) is 14.3. The molecule has 2 aromatic heterocycles. The van der Waals surface area contributed by atoms with Gasteiger partial charge in [0.2, 0.25) is 0 Å². The van der Waals surface area contributed by atoms with Gasteiger partial charge in [-0.2, -0.15) is 5.10 Å². The van der Waals surface area contributed by atoms with Crippen molar-refractivity contribution < 1.29 is 0 Å². The highest BCUT2D eigenvalue weighted by Crippen LogP contribution is 2.34. The highest BCUT2D eigenvalue weighted by atomic mass is 15.3. The van der Waals surface area contributed by atoms with Gasteiger partial charge in [-0.1, -0.05) is 37.5 Å². The van der Waals surface area contributed by atoms with Crippen LogP contribution in [0.2, 0.25) is 0 Å². The second-order valence-electron chi connectivity index (χ2n) is 8.02. The molecule has 1 aromatic carbocycles.